The summed E-state index contributed by atoms with van der Waals surface area (Å²) in [4.78, 5) is 18.2. The summed E-state index contributed by atoms with van der Waals surface area (Å²) in [7, 11) is 0. The van der Waals surface area contributed by atoms with Gasteiger partial charge in [0, 0.05) is 6.92 Å². The SMILES string of the molecule is CC(=O)O.CCOC=O. The smallest absolute Gasteiger partial charge is 0.300 e. The third-order valence-corrected chi connectivity index (χ3v) is 0.235. The van der Waals surface area contributed by atoms with Gasteiger partial charge in [-0.3, -0.25) is 9.59 Å². The van der Waals surface area contributed by atoms with Gasteiger partial charge in [0.2, 0.25) is 0 Å². The first-order valence-corrected chi connectivity index (χ1v) is 2.39. The predicted octanol–water partition coefficient (Wildman–Crippen LogP) is 0.270. The summed E-state index contributed by atoms with van der Waals surface area (Å²) in [6.07, 6.45) is 0. The highest BCUT2D eigenvalue weighted by Gasteiger charge is 1.65. The molecule has 0 aromatic rings. The lowest BCUT2D eigenvalue weighted by Crippen LogP contribution is -1.80. The van der Waals surface area contributed by atoms with Crippen molar-refractivity contribution < 1.29 is 19.4 Å². The lowest BCUT2D eigenvalue weighted by molar-refractivity contribution is -0.134. The van der Waals surface area contributed by atoms with Crippen molar-refractivity contribution in [2.75, 3.05) is 6.61 Å². The van der Waals surface area contributed by atoms with Crippen LogP contribution in [0.1, 0.15) is 13.8 Å². The van der Waals surface area contributed by atoms with Gasteiger partial charge in [-0.15, -0.1) is 0 Å². The lowest BCUT2D eigenvalue weighted by Gasteiger charge is -1.79. The van der Waals surface area contributed by atoms with E-state index in [1.54, 1.807) is 6.92 Å². The maximum Gasteiger partial charge on any atom is 0.300 e. The lowest BCUT2D eigenvalue weighted by atomic mass is 10.9. The van der Waals surface area contributed by atoms with Crippen LogP contribution < -0.4 is 0 Å². The van der Waals surface area contributed by atoms with Crippen LogP contribution in [-0.4, -0.2) is 24.2 Å². The Morgan fingerprint density at radius 2 is 2.11 bits per heavy atom. The molecule has 0 atom stereocenters. The minimum Gasteiger partial charge on any atom is -0.481 e. The highest BCUT2D eigenvalue weighted by atomic mass is 16.5. The van der Waals surface area contributed by atoms with Gasteiger partial charge in [-0.25, -0.2) is 0 Å². The van der Waals surface area contributed by atoms with Crippen LogP contribution in [0.2, 0.25) is 0 Å². The Bertz CT molecular complexity index is 75.0. The van der Waals surface area contributed by atoms with Gasteiger partial charge in [0.05, 0.1) is 6.61 Å². The maximum atomic E-state index is 9.18. The Balaban J connectivity index is 0. The van der Waals surface area contributed by atoms with Gasteiger partial charge in [-0.1, -0.05) is 0 Å². The van der Waals surface area contributed by atoms with Gasteiger partial charge in [0.1, 0.15) is 0 Å². The molecule has 0 fully saturated rings. The van der Waals surface area contributed by atoms with Gasteiger partial charge < -0.3 is 9.84 Å². The quantitative estimate of drug-likeness (QED) is 0.550. The zero-order valence-corrected chi connectivity index (χ0v) is 5.46. The van der Waals surface area contributed by atoms with E-state index in [0.29, 0.717) is 13.1 Å². The summed E-state index contributed by atoms with van der Waals surface area (Å²) in [6, 6.07) is 0. The molecule has 0 unspecified atom stereocenters. The first kappa shape index (κ1) is 10.8. The number of hydrogen-bond donors (Lipinski definition) is 1. The van der Waals surface area contributed by atoms with Gasteiger partial charge in [0.15, 0.2) is 0 Å². The minimum absolute atomic E-state index is 0.431. The van der Waals surface area contributed by atoms with E-state index in [0.717, 1.165) is 6.92 Å². The molecule has 4 heteroatoms. The second kappa shape index (κ2) is 10.0. The van der Waals surface area contributed by atoms with Gasteiger partial charge in [0.25, 0.3) is 12.4 Å². The van der Waals surface area contributed by atoms with Gasteiger partial charge >= 0.3 is 0 Å². The molecule has 1 N–H and O–H groups in total. The monoisotopic (exact) mass is 134 g/mol. The Morgan fingerprint density at radius 1 is 1.78 bits per heavy atom. The molecule has 0 aliphatic rings. The van der Waals surface area contributed by atoms with E-state index in [4.69, 9.17) is 9.90 Å². The van der Waals surface area contributed by atoms with E-state index in [9.17, 15) is 4.79 Å². The topological polar surface area (TPSA) is 63.6 Å². The number of hydrogen-bond acceptors (Lipinski definition) is 3. The van der Waals surface area contributed by atoms with Crippen LogP contribution in [0.4, 0.5) is 0 Å². The normalized spacial score (nSPS) is 6.44. The number of carboxylic acid groups (broad SMARTS) is 1. The van der Waals surface area contributed by atoms with E-state index in [-0.39, 0.29) is 0 Å². The number of carbonyl (C=O) groups is 2. The fraction of sp³-hybridized carbons (Fsp3) is 0.600. The van der Waals surface area contributed by atoms with Crippen LogP contribution in [0.5, 0.6) is 0 Å². The van der Waals surface area contributed by atoms with Crippen molar-refractivity contribution in [3.05, 3.63) is 0 Å². The number of carbonyl (C=O) groups excluding carboxylic acids is 1. The third-order valence-electron chi connectivity index (χ3n) is 0.235. The molecular weight excluding hydrogens is 124 g/mol. The van der Waals surface area contributed by atoms with E-state index >= 15 is 0 Å². The van der Waals surface area contributed by atoms with Gasteiger partial charge in [-0.05, 0) is 6.92 Å². The fourth-order valence-corrected chi connectivity index (χ4v) is 0.0680. The molecule has 0 spiro atoms. The van der Waals surface area contributed by atoms with Gasteiger partial charge in [-0.2, -0.15) is 0 Å². The zero-order chi connectivity index (χ0) is 7.70. The molecular formula is C5H10O4. The average Bonchev–Trinajstić information content (AvgIpc) is 1.66. The van der Waals surface area contributed by atoms with E-state index in [1.165, 1.54) is 0 Å². The molecule has 0 heterocycles. The van der Waals surface area contributed by atoms with Crippen LogP contribution >= 0.6 is 0 Å². The summed E-state index contributed by atoms with van der Waals surface area (Å²) < 4.78 is 4.15. The van der Waals surface area contributed by atoms with Crippen molar-refractivity contribution in [2.45, 2.75) is 13.8 Å². The van der Waals surface area contributed by atoms with E-state index in [1.807, 2.05) is 0 Å². The predicted molar refractivity (Wildman–Crippen MR) is 31.0 cm³/mol. The Hall–Kier alpha value is -1.06. The molecule has 0 bridgehead atoms. The first-order chi connectivity index (χ1) is 4.15. The van der Waals surface area contributed by atoms with Crippen molar-refractivity contribution in [3.8, 4) is 0 Å². The zero-order valence-electron chi connectivity index (χ0n) is 5.46. The van der Waals surface area contributed by atoms with Crippen LogP contribution in [0.15, 0.2) is 0 Å². The Kier molecular flexibility index (Phi) is 12.1. The number of carboxylic acids is 1. The molecule has 0 amide bonds. The fourth-order valence-electron chi connectivity index (χ4n) is 0.0680. The molecule has 0 saturated carbocycles. The standard InChI is InChI=1S/C3H6O2.C2H4O2/c1-2-5-3-4;1-2(3)4/h3H,2H2,1H3;1H3,(H,3,4). The van der Waals surface area contributed by atoms with Crippen molar-refractivity contribution in [1.82, 2.24) is 0 Å². The van der Waals surface area contributed by atoms with Crippen LogP contribution in [0, 0.1) is 0 Å². The maximum absolute atomic E-state index is 9.18. The summed E-state index contributed by atoms with van der Waals surface area (Å²) in [6.45, 7) is 3.75. The Morgan fingerprint density at radius 3 is 2.11 bits per heavy atom. The number of ether oxygens (including phenoxy) is 1. The third kappa shape index (κ3) is 192. The molecule has 0 aromatic heterocycles. The second-order valence-corrected chi connectivity index (χ2v) is 1.07. The highest BCUT2D eigenvalue weighted by molar-refractivity contribution is 5.62. The van der Waals surface area contributed by atoms with Crippen molar-refractivity contribution >= 4 is 12.4 Å². The van der Waals surface area contributed by atoms with Crippen molar-refractivity contribution in [2.24, 2.45) is 0 Å². The number of aliphatic carboxylic acids is 1. The average molecular weight is 134 g/mol. The summed E-state index contributed by atoms with van der Waals surface area (Å²) in [5, 5.41) is 7.42. The number of rotatable bonds is 2. The second-order valence-electron chi connectivity index (χ2n) is 1.07. The van der Waals surface area contributed by atoms with Crippen molar-refractivity contribution in [1.29, 1.82) is 0 Å². The molecule has 54 valence electrons. The molecule has 0 aromatic carbocycles. The summed E-state index contributed by atoms with van der Waals surface area (Å²) in [5.41, 5.74) is 0. The first-order valence-electron chi connectivity index (χ1n) is 2.39. The molecule has 0 aliphatic heterocycles. The van der Waals surface area contributed by atoms with E-state index in [2.05, 4.69) is 4.74 Å². The molecule has 0 radical (unpaired) electrons. The van der Waals surface area contributed by atoms with Crippen molar-refractivity contribution in [3.63, 3.8) is 0 Å². The van der Waals surface area contributed by atoms with Crippen LogP contribution in [-0.2, 0) is 14.3 Å². The molecule has 0 rings (SSSR count). The minimum atomic E-state index is -0.833. The summed E-state index contributed by atoms with van der Waals surface area (Å²) in [5.74, 6) is -0.833. The van der Waals surface area contributed by atoms with Crippen LogP contribution in [0.3, 0.4) is 0 Å². The Labute approximate surface area is 53.4 Å². The molecule has 4 nitrogen and oxygen atoms in total. The molecule has 0 saturated heterocycles. The summed E-state index contributed by atoms with van der Waals surface area (Å²) >= 11 is 0. The van der Waals surface area contributed by atoms with Crippen LogP contribution in [0.25, 0.3) is 0 Å². The molecule has 9 heavy (non-hydrogen) atoms. The largest absolute Gasteiger partial charge is 0.481 e. The molecule has 0 aliphatic carbocycles. The highest BCUT2D eigenvalue weighted by Crippen LogP contribution is 1.55. The van der Waals surface area contributed by atoms with E-state index < -0.39 is 5.97 Å².